The molecule has 54 valence electrons. The molecule has 11 heavy (non-hydrogen) atoms. The molecule has 2 aliphatic rings. The second kappa shape index (κ2) is 2.02. The van der Waals surface area contributed by atoms with Crippen LogP contribution in [0.3, 0.4) is 0 Å². The molecular formula is C9H8N2. The van der Waals surface area contributed by atoms with Crippen LogP contribution in [0.2, 0.25) is 0 Å². The topological polar surface area (TPSA) is 36.2 Å². The quantitative estimate of drug-likeness (QED) is 0.538. The number of nitrogens with zero attached hydrogens (tertiary/aromatic N) is 1. The largest absolute Gasteiger partial charge is 0.301 e. The minimum Gasteiger partial charge on any atom is -0.301 e. The molecule has 0 amide bonds. The molecule has 0 saturated heterocycles. The Balaban J connectivity index is 2.60. The maximum absolute atomic E-state index is 7.50. The van der Waals surface area contributed by atoms with Crippen LogP contribution in [0.4, 0.5) is 0 Å². The highest BCUT2D eigenvalue weighted by molar-refractivity contribution is 6.09. The third-order valence-electron chi connectivity index (χ3n) is 1.92. The van der Waals surface area contributed by atoms with Crippen molar-refractivity contribution in [3.8, 4) is 0 Å². The first-order valence-corrected chi connectivity index (χ1v) is 3.51. The number of aliphatic imine (C=N–C) groups is 1. The van der Waals surface area contributed by atoms with E-state index in [0.717, 1.165) is 16.8 Å². The number of hydrogen-bond donors (Lipinski definition) is 1. The van der Waals surface area contributed by atoms with Gasteiger partial charge in [-0.15, -0.1) is 0 Å². The normalized spacial score (nSPS) is 20.8. The first-order valence-electron chi connectivity index (χ1n) is 3.51. The molecule has 1 heterocycles. The molecule has 0 bridgehead atoms. The van der Waals surface area contributed by atoms with Crippen LogP contribution in [0.1, 0.15) is 6.92 Å². The van der Waals surface area contributed by atoms with Crippen molar-refractivity contribution in [3.63, 3.8) is 0 Å². The van der Waals surface area contributed by atoms with Crippen molar-refractivity contribution in [3.05, 3.63) is 35.1 Å². The highest BCUT2D eigenvalue weighted by Crippen LogP contribution is 2.25. The smallest absolute Gasteiger partial charge is 0.0752 e. The van der Waals surface area contributed by atoms with Crippen molar-refractivity contribution in [2.45, 2.75) is 6.92 Å². The van der Waals surface area contributed by atoms with Crippen LogP contribution in [-0.4, -0.2) is 11.9 Å². The van der Waals surface area contributed by atoms with E-state index in [1.54, 1.807) is 12.3 Å². The van der Waals surface area contributed by atoms with Crippen LogP contribution < -0.4 is 0 Å². The fraction of sp³-hybridized carbons (Fsp3) is 0.111. The summed E-state index contributed by atoms with van der Waals surface area (Å²) in [5.41, 5.74) is 3.61. The van der Waals surface area contributed by atoms with Gasteiger partial charge < -0.3 is 5.41 Å². The second-order valence-corrected chi connectivity index (χ2v) is 2.62. The van der Waals surface area contributed by atoms with E-state index in [4.69, 9.17) is 5.41 Å². The van der Waals surface area contributed by atoms with Crippen molar-refractivity contribution in [1.82, 2.24) is 0 Å². The van der Waals surface area contributed by atoms with Gasteiger partial charge in [-0.1, -0.05) is 6.08 Å². The minimum atomic E-state index is 0.566. The summed E-state index contributed by atoms with van der Waals surface area (Å²) < 4.78 is 0. The Morgan fingerprint density at radius 2 is 2.18 bits per heavy atom. The highest BCUT2D eigenvalue weighted by Gasteiger charge is 2.14. The second-order valence-electron chi connectivity index (χ2n) is 2.62. The van der Waals surface area contributed by atoms with Gasteiger partial charge >= 0.3 is 0 Å². The molecule has 0 atom stereocenters. The van der Waals surface area contributed by atoms with Crippen molar-refractivity contribution in [2.75, 3.05) is 0 Å². The molecule has 1 aliphatic heterocycles. The highest BCUT2D eigenvalue weighted by atomic mass is 14.8. The number of rotatable bonds is 0. The zero-order valence-electron chi connectivity index (χ0n) is 6.26. The predicted octanol–water partition coefficient (Wildman–Crippen LogP) is 1.86. The molecule has 2 rings (SSSR count). The summed E-state index contributed by atoms with van der Waals surface area (Å²) in [7, 11) is 0. The van der Waals surface area contributed by atoms with Gasteiger partial charge in [-0.25, -0.2) is 0 Å². The third kappa shape index (κ3) is 0.792. The molecule has 0 unspecified atom stereocenters. The summed E-state index contributed by atoms with van der Waals surface area (Å²) in [5.74, 6) is 0. The average Bonchev–Trinajstić information content (AvgIpc) is 2.45. The molecule has 0 spiro atoms. The van der Waals surface area contributed by atoms with E-state index in [-0.39, 0.29) is 0 Å². The molecule has 0 saturated carbocycles. The van der Waals surface area contributed by atoms with Gasteiger partial charge in [0.1, 0.15) is 0 Å². The first kappa shape index (κ1) is 6.28. The SMILES string of the molecule is CC1=C2N=CC=C2C=CC1=N. The van der Waals surface area contributed by atoms with Gasteiger partial charge in [-0.05, 0) is 19.1 Å². The molecule has 1 N–H and O–H groups in total. The Morgan fingerprint density at radius 3 is 3.00 bits per heavy atom. The van der Waals surface area contributed by atoms with E-state index in [9.17, 15) is 0 Å². The number of fused-ring (bicyclic) bond motifs is 1. The Bertz CT molecular complexity index is 341. The van der Waals surface area contributed by atoms with Gasteiger partial charge in [0, 0.05) is 17.4 Å². The van der Waals surface area contributed by atoms with Crippen LogP contribution >= 0.6 is 0 Å². The van der Waals surface area contributed by atoms with Gasteiger partial charge in [0.05, 0.1) is 11.4 Å². The number of hydrogen-bond acceptors (Lipinski definition) is 2. The molecule has 0 radical (unpaired) electrons. The van der Waals surface area contributed by atoms with Crippen molar-refractivity contribution < 1.29 is 0 Å². The summed E-state index contributed by atoms with van der Waals surface area (Å²) in [6.07, 6.45) is 7.47. The molecule has 2 nitrogen and oxygen atoms in total. The summed E-state index contributed by atoms with van der Waals surface area (Å²) in [5, 5.41) is 7.50. The summed E-state index contributed by atoms with van der Waals surface area (Å²) >= 11 is 0. The van der Waals surface area contributed by atoms with Crippen molar-refractivity contribution in [2.24, 2.45) is 4.99 Å². The van der Waals surface area contributed by atoms with Crippen LogP contribution in [0.5, 0.6) is 0 Å². The standard InChI is InChI=1S/C9H8N2/c1-6-8(10)3-2-7-4-5-11-9(6)7/h2-5,10H,1H3. The van der Waals surface area contributed by atoms with Crippen molar-refractivity contribution >= 4 is 11.9 Å². The Labute approximate surface area is 65.2 Å². The summed E-state index contributed by atoms with van der Waals surface area (Å²) in [6.45, 7) is 1.93. The molecule has 0 aromatic heterocycles. The third-order valence-corrected chi connectivity index (χ3v) is 1.92. The number of nitrogens with one attached hydrogen (secondary N) is 1. The lowest BCUT2D eigenvalue weighted by molar-refractivity contribution is 1.29. The Morgan fingerprint density at radius 1 is 1.36 bits per heavy atom. The van der Waals surface area contributed by atoms with Crippen LogP contribution in [0.25, 0.3) is 0 Å². The molecular weight excluding hydrogens is 136 g/mol. The Kier molecular flexibility index (Phi) is 1.15. The van der Waals surface area contributed by atoms with Crippen molar-refractivity contribution in [1.29, 1.82) is 5.41 Å². The summed E-state index contributed by atoms with van der Waals surface area (Å²) in [4.78, 5) is 4.16. The molecule has 0 aromatic rings. The lowest BCUT2D eigenvalue weighted by Gasteiger charge is -2.09. The maximum Gasteiger partial charge on any atom is 0.0752 e. The lowest BCUT2D eigenvalue weighted by Crippen LogP contribution is -2.02. The van der Waals surface area contributed by atoms with Gasteiger partial charge in [-0.2, -0.15) is 0 Å². The zero-order chi connectivity index (χ0) is 7.84. The van der Waals surface area contributed by atoms with Gasteiger partial charge in [0.25, 0.3) is 0 Å². The van der Waals surface area contributed by atoms with Gasteiger partial charge in [-0.3, -0.25) is 4.99 Å². The van der Waals surface area contributed by atoms with Crippen LogP contribution in [0.15, 0.2) is 40.1 Å². The average molecular weight is 144 g/mol. The first-order chi connectivity index (χ1) is 5.29. The molecule has 1 aliphatic carbocycles. The van der Waals surface area contributed by atoms with E-state index < -0.39 is 0 Å². The van der Waals surface area contributed by atoms with Crippen LogP contribution in [-0.2, 0) is 0 Å². The van der Waals surface area contributed by atoms with Crippen LogP contribution in [0, 0.1) is 5.41 Å². The fourth-order valence-electron chi connectivity index (χ4n) is 1.22. The van der Waals surface area contributed by atoms with E-state index in [1.165, 1.54) is 0 Å². The molecule has 2 heteroatoms. The monoisotopic (exact) mass is 144 g/mol. The Hall–Kier alpha value is -1.44. The minimum absolute atomic E-state index is 0.566. The van der Waals surface area contributed by atoms with E-state index in [2.05, 4.69) is 4.99 Å². The molecule has 0 aromatic carbocycles. The summed E-state index contributed by atoms with van der Waals surface area (Å²) in [6, 6.07) is 0. The predicted molar refractivity (Wildman–Crippen MR) is 46.1 cm³/mol. The van der Waals surface area contributed by atoms with E-state index in [1.807, 2.05) is 19.1 Å². The lowest BCUT2D eigenvalue weighted by atomic mass is 9.99. The number of allylic oxidation sites excluding steroid dienone is 4. The van der Waals surface area contributed by atoms with Gasteiger partial charge in [0.2, 0.25) is 0 Å². The van der Waals surface area contributed by atoms with Gasteiger partial charge in [0.15, 0.2) is 0 Å². The van der Waals surface area contributed by atoms with E-state index >= 15 is 0 Å². The zero-order valence-corrected chi connectivity index (χ0v) is 6.26. The van der Waals surface area contributed by atoms with E-state index in [0.29, 0.717) is 5.71 Å². The fourth-order valence-corrected chi connectivity index (χ4v) is 1.22. The molecule has 0 fully saturated rings. The maximum atomic E-state index is 7.50.